The number of amides is 1. The van der Waals surface area contributed by atoms with Gasteiger partial charge in [-0.3, -0.25) is 4.79 Å². The van der Waals surface area contributed by atoms with E-state index in [1.54, 1.807) is 7.11 Å². The lowest BCUT2D eigenvalue weighted by Crippen LogP contribution is -2.43. The summed E-state index contributed by atoms with van der Waals surface area (Å²) in [6.07, 6.45) is 1.85. The largest absolute Gasteiger partial charge is 0.497 e. The number of ether oxygens (including phenoxy) is 1. The number of carbonyl (C=O) groups excluding carboxylic acids is 1. The third-order valence-electron chi connectivity index (χ3n) is 5.71. The molecule has 0 aliphatic carbocycles. The first kappa shape index (κ1) is 20.8. The molecule has 1 aromatic heterocycles. The van der Waals surface area contributed by atoms with E-state index in [0.717, 1.165) is 47.8 Å². The summed E-state index contributed by atoms with van der Waals surface area (Å²) < 4.78 is 5.18. The Morgan fingerprint density at radius 1 is 1.13 bits per heavy atom. The van der Waals surface area contributed by atoms with Gasteiger partial charge in [-0.1, -0.05) is 35.9 Å². The zero-order valence-corrected chi connectivity index (χ0v) is 18.0. The quantitative estimate of drug-likeness (QED) is 0.658. The molecule has 0 spiro atoms. The predicted molar refractivity (Wildman–Crippen MR) is 122 cm³/mol. The van der Waals surface area contributed by atoms with E-state index in [1.807, 2.05) is 48.5 Å². The van der Waals surface area contributed by atoms with Gasteiger partial charge in [0.2, 0.25) is 5.91 Å². The average molecular weight is 417 g/mol. The Balaban J connectivity index is 1.35. The summed E-state index contributed by atoms with van der Waals surface area (Å²) in [6, 6.07) is 20.0. The summed E-state index contributed by atoms with van der Waals surface area (Å²) in [6.45, 7) is 4.14. The fourth-order valence-corrected chi connectivity index (χ4v) is 3.93. The highest BCUT2D eigenvalue weighted by molar-refractivity contribution is 5.79. The number of carbonyl (C=O) groups is 1. The Morgan fingerprint density at radius 2 is 1.97 bits per heavy atom. The second-order valence-corrected chi connectivity index (χ2v) is 8.00. The van der Waals surface area contributed by atoms with Crippen molar-refractivity contribution in [3.8, 4) is 17.0 Å². The molecular weight excluding hydrogens is 388 g/mol. The number of anilines is 1. The van der Waals surface area contributed by atoms with Gasteiger partial charge in [-0.05, 0) is 55.7 Å². The molecular formula is C25H28N4O2. The van der Waals surface area contributed by atoms with Crippen LogP contribution in [-0.2, 0) is 11.3 Å². The molecule has 6 heteroatoms. The molecule has 1 fully saturated rings. The van der Waals surface area contributed by atoms with Crippen molar-refractivity contribution >= 4 is 11.7 Å². The molecule has 3 aromatic rings. The third-order valence-corrected chi connectivity index (χ3v) is 5.71. The van der Waals surface area contributed by atoms with Gasteiger partial charge in [-0.25, -0.2) is 0 Å². The fraction of sp³-hybridized carbons (Fsp3) is 0.320. The normalized spacial score (nSPS) is 16.1. The molecule has 1 amide bonds. The van der Waals surface area contributed by atoms with Crippen LogP contribution < -0.4 is 15.0 Å². The first-order chi connectivity index (χ1) is 15.1. The molecule has 4 rings (SSSR count). The number of piperidine rings is 1. The standard InChI is InChI=1S/C25H28N4O2/c1-18-5-3-6-20(15-18)23-12-13-24(28-27-23)29-14-4-7-21(17-29)25(30)26-16-19-8-10-22(31-2)11-9-19/h3,5-6,8-13,15,21H,4,7,14,16-17H2,1-2H3,(H,26,30). The number of aromatic nitrogens is 2. The summed E-state index contributed by atoms with van der Waals surface area (Å²) in [4.78, 5) is 14.9. The Bertz CT molecular complexity index is 1020. The Morgan fingerprint density at radius 3 is 2.68 bits per heavy atom. The number of methoxy groups -OCH3 is 1. The van der Waals surface area contributed by atoms with Crippen molar-refractivity contribution < 1.29 is 9.53 Å². The number of nitrogens with zero attached hydrogens (tertiary/aromatic N) is 3. The molecule has 1 saturated heterocycles. The number of rotatable bonds is 6. The lowest BCUT2D eigenvalue weighted by atomic mass is 9.97. The van der Waals surface area contributed by atoms with Gasteiger partial charge in [0, 0.05) is 25.2 Å². The summed E-state index contributed by atoms with van der Waals surface area (Å²) in [7, 11) is 1.64. The second kappa shape index (κ2) is 9.60. The number of hydrogen-bond acceptors (Lipinski definition) is 5. The van der Waals surface area contributed by atoms with Crippen LogP contribution in [0, 0.1) is 12.8 Å². The van der Waals surface area contributed by atoms with Crippen LogP contribution in [0.15, 0.2) is 60.7 Å². The van der Waals surface area contributed by atoms with E-state index in [4.69, 9.17) is 4.74 Å². The molecule has 1 aliphatic rings. The van der Waals surface area contributed by atoms with E-state index in [-0.39, 0.29) is 11.8 Å². The molecule has 1 aliphatic heterocycles. The summed E-state index contributed by atoms with van der Waals surface area (Å²) in [5.41, 5.74) is 4.18. The number of benzene rings is 2. The summed E-state index contributed by atoms with van der Waals surface area (Å²) >= 11 is 0. The zero-order valence-electron chi connectivity index (χ0n) is 18.0. The molecule has 0 radical (unpaired) electrons. The van der Waals surface area contributed by atoms with E-state index >= 15 is 0 Å². The average Bonchev–Trinajstić information content (AvgIpc) is 2.83. The van der Waals surface area contributed by atoms with Crippen molar-refractivity contribution in [3.05, 3.63) is 71.8 Å². The monoisotopic (exact) mass is 416 g/mol. The maximum absolute atomic E-state index is 12.7. The highest BCUT2D eigenvalue weighted by Gasteiger charge is 2.26. The highest BCUT2D eigenvalue weighted by atomic mass is 16.5. The molecule has 160 valence electrons. The summed E-state index contributed by atoms with van der Waals surface area (Å²) in [5.74, 6) is 1.67. The van der Waals surface area contributed by atoms with Crippen LogP contribution >= 0.6 is 0 Å². The minimum Gasteiger partial charge on any atom is -0.497 e. The van der Waals surface area contributed by atoms with Crippen LogP contribution in [0.1, 0.15) is 24.0 Å². The summed E-state index contributed by atoms with van der Waals surface area (Å²) in [5, 5.41) is 11.9. The van der Waals surface area contributed by atoms with Crippen molar-refractivity contribution in [2.45, 2.75) is 26.3 Å². The van der Waals surface area contributed by atoms with Crippen molar-refractivity contribution in [2.24, 2.45) is 5.92 Å². The van der Waals surface area contributed by atoms with E-state index < -0.39 is 0 Å². The lowest BCUT2D eigenvalue weighted by Gasteiger charge is -2.32. The van der Waals surface area contributed by atoms with Gasteiger partial charge in [0.15, 0.2) is 5.82 Å². The molecule has 1 atom stereocenters. The van der Waals surface area contributed by atoms with Gasteiger partial charge < -0.3 is 15.0 Å². The van der Waals surface area contributed by atoms with Gasteiger partial charge in [-0.2, -0.15) is 0 Å². The second-order valence-electron chi connectivity index (χ2n) is 8.00. The molecule has 31 heavy (non-hydrogen) atoms. The van der Waals surface area contributed by atoms with Crippen molar-refractivity contribution in [1.82, 2.24) is 15.5 Å². The topological polar surface area (TPSA) is 67.3 Å². The van der Waals surface area contributed by atoms with E-state index in [9.17, 15) is 4.79 Å². The maximum Gasteiger partial charge on any atom is 0.225 e. The smallest absolute Gasteiger partial charge is 0.225 e. The fourth-order valence-electron chi connectivity index (χ4n) is 3.93. The molecule has 6 nitrogen and oxygen atoms in total. The number of hydrogen-bond donors (Lipinski definition) is 1. The maximum atomic E-state index is 12.7. The van der Waals surface area contributed by atoms with Crippen LogP contribution in [-0.4, -0.2) is 36.3 Å². The van der Waals surface area contributed by atoms with Crippen LogP contribution in [0.4, 0.5) is 5.82 Å². The van der Waals surface area contributed by atoms with Crippen LogP contribution in [0.3, 0.4) is 0 Å². The Hall–Kier alpha value is -3.41. The van der Waals surface area contributed by atoms with E-state index in [0.29, 0.717) is 13.1 Å². The first-order valence-corrected chi connectivity index (χ1v) is 10.7. The number of nitrogens with one attached hydrogen (secondary N) is 1. The van der Waals surface area contributed by atoms with Crippen molar-refractivity contribution in [1.29, 1.82) is 0 Å². The molecule has 0 bridgehead atoms. The van der Waals surface area contributed by atoms with Gasteiger partial charge >= 0.3 is 0 Å². The van der Waals surface area contributed by atoms with Crippen molar-refractivity contribution in [2.75, 3.05) is 25.1 Å². The third kappa shape index (κ3) is 5.20. The van der Waals surface area contributed by atoms with E-state index in [2.05, 4.69) is 39.5 Å². The lowest BCUT2D eigenvalue weighted by molar-refractivity contribution is -0.125. The number of aryl methyl sites for hydroxylation is 1. The van der Waals surface area contributed by atoms with Crippen molar-refractivity contribution in [3.63, 3.8) is 0 Å². The Labute approximate surface area is 183 Å². The zero-order chi connectivity index (χ0) is 21.6. The minimum atomic E-state index is -0.0507. The minimum absolute atomic E-state index is 0.0507. The highest BCUT2D eigenvalue weighted by Crippen LogP contribution is 2.24. The van der Waals surface area contributed by atoms with Gasteiger partial charge in [0.1, 0.15) is 5.75 Å². The van der Waals surface area contributed by atoms with Gasteiger partial charge in [-0.15, -0.1) is 10.2 Å². The molecule has 1 N–H and O–H groups in total. The van der Waals surface area contributed by atoms with Gasteiger partial charge in [0.05, 0.1) is 18.7 Å². The molecule has 2 aromatic carbocycles. The van der Waals surface area contributed by atoms with Crippen LogP contribution in [0.2, 0.25) is 0 Å². The first-order valence-electron chi connectivity index (χ1n) is 10.7. The van der Waals surface area contributed by atoms with E-state index in [1.165, 1.54) is 5.56 Å². The molecule has 2 heterocycles. The van der Waals surface area contributed by atoms with Crippen LogP contribution in [0.25, 0.3) is 11.3 Å². The Kier molecular flexibility index (Phi) is 6.46. The molecule has 0 saturated carbocycles. The SMILES string of the molecule is COc1ccc(CNC(=O)C2CCCN(c3ccc(-c4cccc(C)c4)nn3)C2)cc1. The predicted octanol–water partition coefficient (Wildman–Crippen LogP) is 3.99. The van der Waals surface area contributed by atoms with Crippen LogP contribution in [0.5, 0.6) is 5.75 Å². The van der Waals surface area contributed by atoms with Gasteiger partial charge in [0.25, 0.3) is 0 Å². The molecule has 1 unspecified atom stereocenters.